The number of hydrogen-bond acceptors (Lipinski definition) is 5. The van der Waals surface area contributed by atoms with Gasteiger partial charge in [-0.25, -0.2) is 8.42 Å². The van der Waals surface area contributed by atoms with Gasteiger partial charge >= 0.3 is 0 Å². The van der Waals surface area contributed by atoms with Gasteiger partial charge in [-0.3, -0.25) is 4.68 Å². The fourth-order valence-corrected chi connectivity index (χ4v) is 4.16. The summed E-state index contributed by atoms with van der Waals surface area (Å²) < 4.78 is 34.4. The summed E-state index contributed by atoms with van der Waals surface area (Å²) in [6.45, 7) is 0.736. The van der Waals surface area contributed by atoms with Crippen molar-refractivity contribution < 1.29 is 13.2 Å². The van der Waals surface area contributed by atoms with Gasteiger partial charge < -0.3 is 4.74 Å². The van der Waals surface area contributed by atoms with Crippen molar-refractivity contribution in [2.45, 2.75) is 11.0 Å². The highest BCUT2D eigenvalue weighted by molar-refractivity contribution is 7.89. The van der Waals surface area contributed by atoms with Crippen LogP contribution in [-0.4, -0.2) is 42.2 Å². The van der Waals surface area contributed by atoms with Crippen LogP contribution >= 0.6 is 11.6 Å². The molecule has 1 fully saturated rings. The molecular weight excluding hydrogens is 352 g/mol. The van der Waals surface area contributed by atoms with Gasteiger partial charge in [0.25, 0.3) is 0 Å². The second-order valence-electron chi connectivity index (χ2n) is 5.42. The molecule has 1 saturated heterocycles. The number of hydrogen-bond donors (Lipinski definition) is 0. The Balaban J connectivity index is 1.88. The molecule has 0 unspecified atom stereocenters. The van der Waals surface area contributed by atoms with Gasteiger partial charge in [0.05, 0.1) is 34.4 Å². The predicted octanol–water partition coefficient (Wildman–Crippen LogP) is 1.71. The number of benzene rings is 1. The highest BCUT2D eigenvalue weighted by Gasteiger charge is 2.32. The van der Waals surface area contributed by atoms with E-state index in [0.717, 1.165) is 5.56 Å². The lowest BCUT2D eigenvalue weighted by Crippen LogP contribution is -2.42. The predicted molar refractivity (Wildman–Crippen MR) is 86.8 cm³/mol. The van der Waals surface area contributed by atoms with Crippen LogP contribution in [0, 0.1) is 11.3 Å². The lowest BCUT2D eigenvalue weighted by atomic mass is 10.2. The van der Waals surface area contributed by atoms with E-state index in [-0.39, 0.29) is 41.3 Å². The summed E-state index contributed by atoms with van der Waals surface area (Å²) in [5, 5.41) is 13.4. The van der Waals surface area contributed by atoms with E-state index in [1.807, 2.05) is 6.07 Å². The molecule has 9 heteroatoms. The zero-order valence-electron chi connectivity index (χ0n) is 12.9. The molecule has 0 amide bonds. The van der Waals surface area contributed by atoms with Crippen molar-refractivity contribution in [3.63, 3.8) is 0 Å². The first kappa shape index (κ1) is 16.9. The first-order valence-electron chi connectivity index (χ1n) is 7.22. The second-order valence-corrected chi connectivity index (χ2v) is 7.77. The molecule has 0 spiro atoms. The van der Waals surface area contributed by atoms with Gasteiger partial charge in [-0.1, -0.05) is 11.6 Å². The van der Waals surface area contributed by atoms with E-state index in [9.17, 15) is 8.42 Å². The number of nitriles is 1. The normalized spacial score (nSPS) is 19.1. The molecule has 3 rings (SSSR count). The molecule has 2 heterocycles. The fourth-order valence-electron chi connectivity index (χ4n) is 2.55. The lowest BCUT2D eigenvalue weighted by Gasteiger charge is -2.31. The Bertz CT molecular complexity index is 904. The van der Waals surface area contributed by atoms with Crippen molar-refractivity contribution in [3.05, 3.63) is 46.7 Å². The van der Waals surface area contributed by atoms with E-state index in [1.54, 1.807) is 24.1 Å². The van der Waals surface area contributed by atoms with Crippen LogP contribution in [-0.2, 0) is 21.8 Å². The van der Waals surface area contributed by atoms with Gasteiger partial charge in [0, 0.05) is 31.9 Å². The maximum absolute atomic E-state index is 12.8. The molecule has 126 valence electrons. The number of aromatic nitrogens is 2. The second kappa shape index (κ2) is 6.53. The average molecular weight is 367 g/mol. The molecule has 2 aromatic rings. The van der Waals surface area contributed by atoms with Gasteiger partial charge in [0.1, 0.15) is 6.07 Å². The summed E-state index contributed by atoms with van der Waals surface area (Å²) >= 11 is 5.88. The molecule has 24 heavy (non-hydrogen) atoms. The van der Waals surface area contributed by atoms with Crippen LogP contribution in [0.4, 0.5) is 0 Å². The molecule has 0 saturated carbocycles. The molecule has 1 aromatic heterocycles. The van der Waals surface area contributed by atoms with E-state index in [2.05, 4.69) is 5.10 Å². The molecule has 7 nitrogen and oxygen atoms in total. The van der Waals surface area contributed by atoms with Crippen LogP contribution in [0.3, 0.4) is 0 Å². The summed E-state index contributed by atoms with van der Waals surface area (Å²) in [6.07, 6.45) is 3.10. The minimum atomic E-state index is -3.73. The number of morpholine rings is 1. The maximum atomic E-state index is 12.8. The first-order chi connectivity index (χ1) is 11.4. The summed E-state index contributed by atoms with van der Waals surface area (Å²) in [6, 6.07) is 6.03. The summed E-state index contributed by atoms with van der Waals surface area (Å²) in [5.41, 5.74) is 0.959. The van der Waals surface area contributed by atoms with E-state index in [0.29, 0.717) is 0 Å². The summed E-state index contributed by atoms with van der Waals surface area (Å²) in [5.74, 6) is 0. The number of sulfonamides is 1. The Kier molecular flexibility index (Phi) is 4.60. The van der Waals surface area contributed by atoms with E-state index in [1.165, 1.54) is 22.5 Å². The molecular formula is C15H15ClN4O3S. The molecule has 0 aliphatic carbocycles. The van der Waals surface area contributed by atoms with Crippen LogP contribution in [0.1, 0.15) is 17.2 Å². The molecule has 1 aliphatic rings. The average Bonchev–Trinajstić information content (AvgIpc) is 3.02. The Morgan fingerprint density at radius 3 is 2.92 bits per heavy atom. The van der Waals surface area contributed by atoms with Gasteiger partial charge in [-0.15, -0.1) is 0 Å². The van der Waals surface area contributed by atoms with Crippen LogP contribution < -0.4 is 0 Å². The van der Waals surface area contributed by atoms with Gasteiger partial charge in [0.2, 0.25) is 10.0 Å². The SMILES string of the molecule is Cn1cc([C@H]2CN(S(=O)(=O)c3ccc(Cl)c(C#N)c3)CCO2)cn1. The van der Waals surface area contributed by atoms with Crippen LogP contribution in [0.2, 0.25) is 5.02 Å². The lowest BCUT2D eigenvalue weighted by molar-refractivity contribution is -0.00259. The van der Waals surface area contributed by atoms with Crippen molar-refractivity contribution in [2.75, 3.05) is 19.7 Å². The Hall–Kier alpha value is -1.92. The van der Waals surface area contributed by atoms with Gasteiger partial charge in [-0.2, -0.15) is 14.7 Å². The topological polar surface area (TPSA) is 88.2 Å². The van der Waals surface area contributed by atoms with E-state index < -0.39 is 10.0 Å². The minimum absolute atomic E-state index is 0.0512. The third-order valence-electron chi connectivity index (χ3n) is 3.82. The van der Waals surface area contributed by atoms with Crippen LogP contribution in [0.15, 0.2) is 35.5 Å². The number of halogens is 1. The van der Waals surface area contributed by atoms with Crippen molar-refractivity contribution in [1.82, 2.24) is 14.1 Å². The van der Waals surface area contributed by atoms with Crippen LogP contribution in [0.25, 0.3) is 0 Å². The van der Waals surface area contributed by atoms with E-state index in [4.69, 9.17) is 21.6 Å². The molecule has 0 radical (unpaired) electrons. The van der Waals surface area contributed by atoms with Crippen LogP contribution in [0.5, 0.6) is 0 Å². The summed E-state index contributed by atoms with van der Waals surface area (Å²) in [7, 11) is -1.94. The molecule has 0 N–H and O–H groups in total. The minimum Gasteiger partial charge on any atom is -0.371 e. The quantitative estimate of drug-likeness (QED) is 0.825. The standard InChI is InChI=1S/C15H15ClN4O3S/c1-19-9-12(8-18-19)15-10-20(4-5-23-15)24(21,22)13-2-3-14(16)11(6-13)7-17/h2-3,6,8-9,15H,4-5,10H2,1H3/t15-/m1/s1. The van der Waals surface area contributed by atoms with E-state index >= 15 is 0 Å². The molecule has 1 atom stereocenters. The number of ether oxygens (including phenoxy) is 1. The van der Waals surface area contributed by atoms with Crippen molar-refractivity contribution in [1.29, 1.82) is 5.26 Å². The van der Waals surface area contributed by atoms with Crippen molar-refractivity contribution >= 4 is 21.6 Å². The summed E-state index contributed by atoms with van der Waals surface area (Å²) in [4.78, 5) is 0.0512. The Labute approximate surface area is 145 Å². The third-order valence-corrected chi connectivity index (χ3v) is 6.01. The Morgan fingerprint density at radius 2 is 2.25 bits per heavy atom. The highest BCUT2D eigenvalue weighted by Crippen LogP contribution is 2.27. The fraction of sp³-hybridized carbons (Fsp3) is 0.333. The molecule has 1 aromatic carbocycles. The third kappa shape index (κ3) is 3.16. The van der Waals surface area contributed by atoms with Crippen molar-refractivity contribution in [2.24, 2.45) is 7.05 Å². The highest BCUT2D eigenvalue weighted by atomic mass is 35.5. The number of aryl methyl sites for hydroxylation is 1. The zero-order valence-corrected chi connectivity index (χ0v) is 14.5. The molecule has 1 aliphatic heterocycles. The Morgan fingerprint density at radius 1 is 1.46 bits per heavy atom. The largest absolute Gasteiger partial charge is 0.371 e. The first-order valence-corrected chi connectivity index (χ1v) is 9.03. The van der Waals surface area contributed by atoms with Crippen molar-refractivity contribution in [3.8, 4) is 6.07 Å². The zero-order chi connectivity index (χ0) is 17.3. The van der Waals surface area contributed by atoms with Gasteiger partial charge in [-0.05, 0) is 18.2 Å². The molecule has 0 bridgehead atoms. The number of nitrogens with zero attached hydrogens (tertiary/aromatic N) is 4. The monoisotopic (exact) mass is 366 g/mol. The smallest absolute Gasteiger partial charge is 0.243 e. The van der Waals surface area contributed by atoms with Gasteiger partial charge in [0.15, 0.2) is 0 Å². The number of rotatable bonds is 3. The maximum Gasteiger partial charge on any atom is 0.243 e.